The van der Waals surface area contributed by atoms with Crippen molar-refractivity contribution in [2.45, 2.75) is 24.4 Å². The van der Waals surface area contributed by atoms with Gasteiger partial charge in [-0.2, -0.15) is 0 Å². The molecule has 3 rings (SSSR count). The number of hydrogen-bond donors (Lipinski definition) is 1. The van der Waals surface area contributed by atoms with Crippen molar-refractivity contribution >= 4 is 34.5 Å². The van der Waals surface area contributed by atoms with Gasteiger partial charge in [-0.1, -0.05) is 12.1 Å². The predicted octanol–water partition coefficient (Wildman–Crippen LogP) is 2.19. The Kier molecular flexibility index (Phi) is 5.18. The lowest BCUT2D eigenvalue weighted by atomic mass is 10.2. The number of ether oxygens (including phenoxy) is 1. The summed E-state index contributed by atoms with van der Waals surface area (Å²) in [5.41, 5.74) is 0.785. The number of aliphatic imine (C=N–C) groups is 1. The normalized spacial score (nSPS) is 27.9. The van der Waals surface area contributed by atoms with Gasteiger partial charge < -0.3 is 9.84 Å². The smallest absolute Gasteiger partial charge is 0.324 e. The number of para-hydroxylation sites is 1. The first kappa shape index (κ1) is 16.7. The molecule has 1 fully saturated rings. The molecule has 1 aromatic carbocycles. The van der Waals surface area contributed by atoms with Gasteiger partial charge in [0.25, 0.3) is 0 Å². The number of carbonyl (C=O) groups is 1. The Balaban J connectivity index is 1.72. The molecule has 0 amide bonds. The maximum atomic E-state index is 12.0. The first-order chi connectivity index (χ1) is 11.1. The largest absolute Gasteiger partial charge is 0.507 e. The Labute approximate surface area is 144 Å². The molecular weight excluding hydrogens is 332 g/mol. The summed E-state index contributed by atoms with van der Waals surface area (Å²) in [6, 6.07) is 7.19. The van der Waals surface area contributed by atoms with E-state index in [4.69, 9.17) is 9.73 Å². The number of likely N-dealkylation sites (N-methyl/N-ethyl adjacent to an activating group) is 1. The van der Waals surface area contributed by atoms with E-state index in [-0.39, 0.29) is 29.2 Å². The summed E-state index contributed by atoms with van der Waals surface area (Å²) < 4.78 is 5.15. The van der Waals surface area contributed by atoms with E-state index in [1.54, 1.807) is 35.7 Å². The average molecular weight is 352 g/mol. The van der Waals surface area contributed by atoms with Crippen LogP contribution in [0.15, 0.2) is 29.3 Å². The lowest BCUT2D eigenvalue weighted by Gasteiger charge is -2.25. The molecule has 1 N–H and O–H groups in total. The maximum absolute atomic E-state index is 12.0. The SMILES string of the molecule is CCOC(=O)[C@H]1CSC(C2CSC(c3ccccc3O)=N2)N1C. The highest BCUT2D eigenvalue weighted by molar-refractivity contribution is 8.14. The average Bonchev–Trinajstić information content (AvgIpc) is 3.14. The summed E-state index contributed by atoms with van der Waals surface area (Å²) in [6.07, 6.45) is 0. The predicted molar refractivity (Wildman–Crippen MR) is 95.3 cm³/mol. The second kappa shape index (κ2) is 7.15. The standard InChI is InChI=1S/C16H20N2O3S2/c1-3-21-16(20)12-9-23-15(18(12)2)11-8-22-14(17-11)10-6-4-5-7-13(10)19/h4-7,11-12,15,19H,3,8-9H2,1-2H3/t11?,12-,15?/m1/s1. The number of rotatable bonds is 4. The Bertz CT molecular complexity index is 623. The molecule has 1 aromatic rings. The minimum absolute atomic E-state index is 0.115. The van der Waals surface area contributed by atoms with E-state index in [1.165, 1.54) is 0 Å². The van der Waals surface area contributed by atoms with Gasteiger partial charge in [-0.15, -0.1) is 23.5 Å². The molecule has 0 radical (unpaired) electrons. The molecular formula is C16H20N2O3S2. The van der Waals surface area contributed by atoms with Gasteiger partial charge in [0.15, 0.2) is 0 Å². The minimum atomic E-state index is -0.195. The third-order valence-corrected chi connectivity index (χ3v) is 6.62. The molecule has 0 aromatic heterocycles. The molecule has 7 heteroatoms. The first-order valence-electron chi connectivity index (χ1n) is 7.61. The van der Waals surface area contributed by atoms with Gasteiger partial charge in [-0.05, 0) is 26.1 Å². The van der Waals surface area contributed by atoms with Crippen molar-refractivity contribution in [2.24, 2.45) is 4.99 Å². The third kappa shape index (κ3) is 3.36. The van der Waals surface area contributed by atoms with Crippen molar-refractivity contribution in [3.63, 3.8) is 0 Å². The number of benzene rings is 1. The Morgan fingerprint density at radius 1 is 1.43 bits per heavy atom. The molecule has 0 spiro atoms. The van der Waals surface area contributed by atoms with Crippen LogP contribution in [-0.2, 0) is 9.53 Å². The molecule has 5 nitrogen and oxygen atoms in total. The number of nitrogens with zero attached hydrogens (tertiary/aromatic N) is 2. The zero-order valence-corrected chi connectivity index (χ0v) is 14.8. The maximum Gasteiger partial charge on any atom is 0.324 e. The second-order valence-corrected chi connectivity index (χ2v) is 7.65. The van der Waals surface area contributed by atoms with Crippen LogP contribution in [0, 0.1) is 0 Å². The minimum Gasteiger partial charge on any atom is -0.507 e. The van der Waals surface area contributed by atoms with E-state index in [1.807, 2.05) is 26.1 Å². The number of phenols is 1. The number of thioether (sulfide) groups is 2. The quantitative estimate of drug-likeness (QED) is 0.838. The van der Waals surface area contributed by atoms with Crippen molar-refractivity contribution in [1.29, 1.82) is 0 Å². The zero-order valence-electron chi connectivity index (χ0n) is 13.1. The van der Waals surface area contributed by atoms with Gasteiger partial charge in [-0.3, -0.25) is 14.7 Å². The number of esters is 1. The molecule has 124 valence electrons. The van der Waals surface area contributed by atoms with Crippen LogP contribution in [0.3, 0.4) is 0 Å². The molecule has 1 saturated heterocycles. The highest BCUT2D eigenvalue weighted by Gasteiger charge is 2.42. The van der Waals surface area contributed by atoms with Crippen LogP contribution in [0.1, 0.15) is 12.5 Å². The van der Waals surface area contributed by atoms with Crippen LogP contribution in [0.2, 0.25) is 0 Å². The topological polar surface area (TPSA) is 62.1 Å². The molecule has 0 bridgehead atoms. The Morgan fingerprint density at radius 3 is 2.96 bits per heavy atom. The van der Waals surface area contributed by atoms with Crippen molar-refractivity contribution in [1.82, 2.24) is 4.90 Å². The number of hydrogen-bond acceptors (Lipinski definition) is 7. The van der Waals surface area contributed by atoms with E-state index in [2.05, 4.69) is 4.90 Å². The van der Waals surface area contributed by atoms with Gasteiger partial charge >= 0.3 is 5.97 Å². The Morgan fingerprint density at radius 2 is 2.22 bits per heavy atom. The fourth-order valence-electron chi connectivity index (χ4n) is 2.79. The first-order valence-corrected chi connectivity index (χ1v) is 9.64. The van der Waals surface area contributed by atoms with Crippen molar-refractivity contribution in [3.8, 4) is 5.75 Å². The zero-order chi connectivity index (χ0) is 16.4. The number of aromatic hydroxyl groups is 1. The lowest BCUT2D eigenvalue weighted by molar-refractivity contribution is -0.147. The summed E-state index contributed by atoms with van der Waals surface area (Å²) >= 11 is 3.41. The fourth-order valence-corrected chi connectivity index (χ4v) is 5.55. The van der Waals surface area contributed by atoms with Crippen LogP contribution in [0.25, 0.3) is 0 Å². The highest BCUT2D eigenvalue weighted by Crippen LogP contribution is 2.37. The molecule has 3 atom stereocenters. The Hall–Kier alpha value is -1.18. The molecule has 2 unspecified atom stereocenters. The summed E-state index contributed by atoms with van der Waals surface area (Å²) in [5, 5.41) is 11.0. The van der Waals surface area contributed by atoms with Crippen LogP contribution in [0.4, 0.5) is 0 Å². The molecule has 0 aliphatic carbocycles. The van der Waals surface area contributed by atoms with Crippen LogP contribution in [-0.4, -0.2) is 63.6 Å². The number of carbonyl (C=O) groups excluding carboxylic acids is 1. The molecule has 2 aliphatic heterocycles. The van der Waals surface area contributed by atoms with E-state index in [0.29, 0.717) is 6.61 Å². The molecule has 2 heterocycles. The van der Waals surface area contributed by atoms with Crippen LogP contribution < -0.4 is 0 Å². The third-order valence-electron chi connectivity index (χ3n) is 4.01. The van der Waals surface area contributed by atoms with Gasteiger partial charge in [0.05, 0.1) is 18.0 Å². The van der Waals surface area contributed by atoms with Crippen LogP contribution in [0.5, 0.6) is 5.75 Å². The summed E-state index contributed by atoms with van der Waals surface area (Å²) in [6.45, 7) is 2.24. The van der Waals surface area contributed by atoms with Crippen molar-refractivity contribution < 1.29 is 14.6 Å². The van der Waals surface area contributed by atoms with Gasteiger partial charge in [0.1, 0.15) is 16.8 Å². The van der Waals surface area contributed by atoms with E-state index >= 15 is 0 Å². The van der Waals surface area contributed by atoms with Crippen molar-refractivity contribution in [3.05, 3.63) is 29.8 Å². The van der Waals surface area contributed by atoms with Crippen molar-refractivity contribution in [2.75, 3.05) is 25.2 Å². The monoisotopic (exact) mass is 352 g/mol. The van der Waals surface area contributed by atoms with E-state index in [9.17, 15) is 9.90 Å². The van der Waals surface area contributed by atoms with Crippen LogP contribution >= 0.6 is 23.5 Å². The van der Waals surface area contributed by atoms with Gasteiger partial charge in [0.2, 0.25) is 0 Å². The summed E-state index contributed by atoms with van der Waals surface area (Å²) in [5.74, 6) is 1.71. The molecule has 23 heavy (non-hydrogen) atoms. The van der Waals surface area contributed by atoms with E-state index in [0.717, 1.165) is 22.1 Å². The molecule has 2 aliphatic rings. The number of phenolic OH excluding ortho intramolecular Hbond substituents is 1. The van der Waals surface area contributed by atoms with E-state index < -0.39 is 0 Å². The van der Waals surface area contributed by atoms with Gasteiger partial charge in [-0.25, -0.2) is 0 Å². The lowest BCUT2D eigenvalue weighted by Crippen LogP contribution is -2.43. The molecule has 0 saturated carbocycles. The highest BCUT2D eigenvalue weighted by atomic mass is 32.2. The fraction of sp³-hybridized carbons (Fsp3) is 0.500. The summed E-state index contributed by atoms with van der Waals surface area (Å²) in [7, 11) is 1.96. The van der Waals surface area contributed by atoms with Gasteiger partial charge in [0, 0.05) is 17.1 Å². The second-order valence-electron chi connectivity index (χ2n) is 5.49. The summed E-state index contributed by atoms with van der Waals surface area (Å²) in [4.78, 5) is 18.9.